The van der Waals surface area contributed by atoms with Crippen molar-refractivity contribution in [2.24, 2.45) is 4.36 Å². The van der Waals surface area contributed by atoms with Crippen LogP contribution in [0.15, 0.2) is 62.7 Å². The number of benzene rings is 2. The van der Waals surface area contributed by atoms with Crippen LogP contribution in [0.5, 0.6) is 0 Å². The van der Waals surface area contributed by atoms with Crippen LogP contribution in [0.1, 0.15) is 22.3 Å². The summed E-state index contributed by atoms with van der Waals surface area (Å²) in [5.41, 5.74) is 2.96. The summed E-state index contributed by atoms with van der Waals surface area (Å²) in [5, 5.41) is 3.81. The largest absolute Gasteiger partial charge is 0.359 e. The summed E-state index contributed by atoms with van der Waals surface area (Å²) in [7, 11) is -2.40. The van der Waals surface area contributed by atoms with Crippen molar-refractivity contribution >= 4 is 50.3 Å². The third-order valence-corrected chi connectivity index (χ3v) is 6.86. The zero-order valence-corrected chi connectivity index (χ0v) is 23.8. The molecule has 2 aromatic carbocycles. The van der Waals surface area contributed by atoms with Gasteiger partial charge in [0.15, 0.2) is 0 Å². The van der Waals surface area contributed by atoms with Crippen molar-refractivity contribution < 1.29 is 4.21 Å². The van der Waals surface area contributed by atoms with Gasteiger partial charge in [0.05, 0.1) is 34.8 Å². The van der Waals surface area contributed by atoms with Gasteiger partial charge >= 0.3 is 11.4 Å². The zero-order valence-electron chi connectivity index (χ0n) is 21.5. The van der Waals surface area contributed by atoms with Gasteiger partial charge in [0.25, 0.3) is 0 Å². The number of nitrogens with zero attached hydrogens (tertiary/aromatic N) is 5. The van der Waals surface area contributed by atoms with E-state index in [2.05, 4.69) is 19.6 Å². The van der Waals surface area contributed by atoms with Gasteiger partial charge in [0, 0.05) is 33.5 Å². The molecule has 0 aliphatic carbocycles. The number of anilines is 2. The summed E-state index contributed by atoms with van der Waals surface area (Å²) in [6, 6.07) is 10.3. The predicted molar refractivity (Wildman–Crippen MR) is 153 cm³/mol. The molecule has 0 bridgehead atoms. The average molecular weight is 574 g/mol. The lowest BCUT2D eigenvalue weighted by Crippen LogP contribution is -2.42. The van der Waals surface area contributed by atoms with Crippen LogP contribution in [0, 0.1) is 20.8 Å². The topological polar surface area (TPSA) is 111 Å². The quantitative estimate of drug-likeness (QED) is 0.341. The van der Waals surface area contributed by atoms with Crippen molar-refractivity contribution in [3.63, 3.8) is 0 Å². The molecule has 12 heteroatoms. The first-order chi connectivity index (χ1) is 17.8. The third-order valence-electron chi connectivity index (χ3n) is 5.68. The summed E-state index contributed by atoms with van der Waals surface area (Å²) in [6.07, 6.45) is 6.13. The molecule has 38 heavy (non-hydrogen) atoms. The standard InChI is InChI=1S/C26H26Cl2N6O3S/c1-15-8-20(13-29-12-15)34-25(35)31-24(33(26(34)36)14-18-10-19(27)7-6-16(18)2)30-23-9-17(3)22(11-21(23)28)32-38(4,5)37/h6-13H,14H2,1-5H3,(H,30,31,35). The Bertz CT molecular complexity index is 1800. The van der Waals surface area contributed by atoms with Crippen molar-refractivity contribution in [2.45, 2.75) is 27.3 Å². The molecule has 0 amide bonds. The van der Waals surface area contributed by atoms with Crippen LogP contribution in [0.4, 0.5) is 17.3 Å². The van der Waals surface area contributed by atoms with Crippen molar-refractivity contribution in [1.29, 1.82) is 0 Å². The maximum atomic E-state index is 13.8. The van der Waals surface area contributed by atoms with Crippen LogP contribution in [0.3, 0.4) is 0 Å². The molecule has 0 unspecified atom stereocenters. The molecule has 2 heterocycles. The van der Waals surface area contributed by atoms with Gasteiger partial charge in [-0.05, 0) is 73.4 Å². The van der Waals surface area contributed by atoms with Crippen molar-refractivity contribution in [1.82, 2.24) is 19.1 Å². The maximum absolute atomic E-state index is 13.8. The minimum Gasteiger partial charge on any atom is -0.324 e. The van der Waals surface area contributed by atoms with Gasteiger partial charge in [-0.15, -0.1) is 0 Å². The van der Waals surface area contributed by atoms with Gasteiger partial charge in [-0.25, -0.2) is 18.4 Å². The highest BCUT2D eigenvalue weighted by atomic mass is 35.5. The highest BCUT2D eigenvalue weighted by Gasteiger charge is 2.18. The SMILES string of the molecule is Cc1cncc(-n2c(=O)nc(Nc3cc(C)c(N=S(C)(C)=O)cc3Cl)n(Cc3cc(Cl)ccc3C)c2=O)c1. The first kappa shape index (κ1) is 27.6. The van der Waals surface area contributed by atoms with E-state index >= 15 is 0 Å². The normalized spacial score (nSPS) is 11.4. The number of aromatic nitrogens is 4. The number of hydrogen-bond acceptors (Lipinski definition) is 7. The Kier molecular flexibility index (Phi) is 7.78. The fourth-order valence-corrected chi connectivity index (χ4v) is 4.89. The number of pyridine rings is 1. The van der Waals surface area contributed by atoms with E-state index in [0.29, 0.717) is 27.6 Å². The molecule has 198 valence electrons. The lowest BCUT2D eigenvalue weighted by molar-refractivity contribution is 0.655. The monoisotopic (exact) mass is 572 g/mol. The number of rotatable bonds is 6. The summed E-state index contributed by atoms with van der Waals surface area (Å²) < 4.78 is 18.7. The van der Waals surface area contributed by atoms with Crippen LogP contribution in [-0.4, -0.2) is 35.8 Å². The summed E-state index contributed by atoms with van der Waals surface area (Å²) in [5.74, 6) is -0.00277. The number of halogens is 2. The predicted octanol–water partition coefficient (Wildman–Crippen LogP) is 5.17. The van der Waals surface area contributed by atoms with Gasteiger partial charge in [-0.3, -0.25) is 9.55 Å². The Morgan fingerprint density at radius 3 is 2.42 bits per heavy atom. The van der Waals surface area contributed by atoms with Gasteiger partial charge in [0.1, 0.15) is 0 Å². The van der Waals surface area contributed by atoms with Crippen molar-refractivity contribution in [3.8, 4) is 5.69 Å². The van der Waals surface area contributed by atoms with Gasteiger partial charge in [-0.2, -0.15) is 9.35 Å². The number of nitrogens with one attached hydrogen (secondary N) is 1. The van der Waals surface area contributed by atoms with Crippen molar-refractivity contribution in [2.75, 3.05) is 17.8 Å². The highest BCUT2D eigenvalue weighted by Crippen LogP contribution is 2.33. The molecule has 9 nitrogen and oxygen atoms in total. The van der Waals surface area contributed by atoms with Crippen LogP contribution >= 0.6 is 23.2 Å². The minimum atomic E-state index is -2.40. The first-order valence-electron chi connectivity index (χ1n) is 11.5. The van der Waals surface area contributed by atoms with Gasteiger partial charge in [-0.1, -0.05) is 29.3 Å². The third kappa shape index (κ3) is 6.15. The molecule has 4 rings (SSSR count). The van der Waals surface area contributed by atoms with E-state index in [9.17, 15) is 13.8 Å². The van der Waals surface area contributed by atoms with Crippen LogP contribution in [0.2, 0.25) is 10.0 Å². The lowest BCUT2D eigenvalue weighted by Gasteiger charge is -2.18. The second kappa shape index (κ2) is 10.7. The van der Waals surface area contributed by atoms with E-state index in [1.807, 2.05) is 19.9 Å². The van der Waals surface area contributed by atoms with Crippen LogP contribution < -0.4 is 16.7 Å². The van der Waals surface area contributed by atoms with E-state index in [1.54, 1.807) is 43.5 Å². The van der Waals surface area contributed by atoms with E-state index in [0.717, 1.165) is 21.3 Å². The lowest BCUT2D eigenvalue weighted by atomic mass is 10.1. The number of aryl methyl sites for hydroxylation is 3. The Labute approximate surface area is 230 Å². The van der Waals surface area contributed by atoms with E-state index in [1.165, 1.54) is 23.3 Å². The maximum Gasteiger partial charge on any atom is 0.359 e. The molecule has 0 aliphatic rings. The molecular weight excluding hydrogens is 547 g/mol. The molecule has 0 spiro atoms. The summed E-state index contributed by atoms with van der Waals surface area (Å²) >= 11 is 12.8. The van der Waals surface area contributed by atoms with Gasteiger partial charge in [0.2, 0.25) is 5.95 Å². The van der Waals surface area contributed by atoms with Crippen molar-refractivity contribution in [3.05, 3.63) is 102 Å². The Balaban J connectivity index is 1.91. The first-order valence-corrected chi connectivity index (χ1v) is 14.6. The average Bonchev–Trinajstić information content (AvgIpc) is 2.81. The van der Waals surface area contributed by atoms with E-state index in [4.69, 9.17) is 23.2 Å². The zero-order chi connectivity index (χ0) is 27.8. The molecule has 0 saturated carbocycles. The summed E-state index contributed by atoms with van der Waals surface area (Å²) in [6.45, 7) is 5.59. The smallest absolute Gasteiger partial charge is 0.324 e. The second-order valence-corrected chi connectivity index (χ2v) is 12.6. The second-order valence-electron chi connectivity index (χ2n) is 9.23. The summed E-state index contributed by atoms with van der Waals surface area (Å²) in [4.78, 5) is 35.2. The molecule has 4 aromatic rings. The van der Waals surface area contributed by atoms with E-state index < -0.39 is 21.1 Å². The molecule has 2 aromatic heterocycles. The minimum absolute atomic E-state index is 0.00277. The van der Waals surface area contributed by atoms with Gasteiger partial charge < -0.3 is 5.32 Å². The Morgan fingerprint density at radius 2 is 1.74 bits per heavy atom. The van der Waals surface area contributed by atoms with Crippen LogP contribution in [0.25, 0.3) is 5.69 Å². The van der Waals surface area contributed by atoms with Crippen LogP contribution in [-0.2, 0) is 16.3 Å². The molecular formula is C26H26Cl2N6O3S. The molecule has 1 N–H and O–H groups in total. The molecule has 0 aliphatic heterocycles. The fraction of sp³-hybridized carbons (Fsp3) is 0.231. The molecule has 0 radical (unpaired) electrons. The molecule has 0 atom stereocenters. The molecule has 0 saturated heterocycles. The Hall–Kier alpha value is -3.47. The highest BCUT2D eigenvalue weighted by molar-refractivity contribution is 7.92. The fourth-order valence-electron chi connectivity index (χ4n) is 3.82. The molecule has 0 fully saturated rings. The number of hydrogen-bond donors (Lipinski definition) is 1. The Morgan fingerprint density at radius 1 is 1.00 bits per heavy atom. The van der Waals surface area contributed by atoms with E-state index in [-0.39, 0.29) is 17.5 Å².